The molecule has 2 aromatic carbocycles. The highest BCUT2D eigenvalue weighted by atomic mass is 16.7. The first kappa shape index (κ1) is 18.3. The Hall–Kier alpha value is -3.02. The minimum atomic E-state index is -0.841. The minimum Gasteiger partial charge on any atom is -0.454 e. The van der Waals surface area contributed by atoms with Crippen LogP contribution in [-0.2, 0) is 16.0 Å². The lowest BCUT2D eigenvalue weighted by molar-refractivity contribution is -0.154. The Morgan fingerprint density at radius 2 is 1.79 bits per heavy atom. The molecule has 0 aliphatic carbocycles. The van der Waals surface area contributed by atoms with Crippen LogP contribution in [0.3, 0.4) is 0 Å². The first-order chi connectivity index (χ1) is 13.3. The van der Waals surface area contributed by atoms with Gasteiger partial charge in [-0.2, -0.15) is 0 Å². The van der Waals surface area contributed by atoms with E-state index in [0.717, 1.165) is 16.7 Å². The standard InChI is InChI=1S/C22H24N2O4/c1-14-8-15(2)10-16(9-14)11-20(25)24-7-6-22(24,3)21(26)23-17-4-5-18-19(12-17)28-13-27-18/h4-5,8-10,12H,6-7,11,13H2,1-3H3,(H,23,26). The number of fused-ring (bicyclic) bond motifs is 1. The summed E-state index contributed by atoms with van der Waals surface area (Å²) in [6, 6.07) is 11.4. The first-order valence-electron chi connectivity index (χ1n) is 9.44. The van der Waals surface area contributed by atoms with E-state index in [1.165, 1.54) is 0 Å². The van der Waals surface area contributed by atoms with Crippen molar-refractivity contribution in [2.45, 2.75) is 39.2 Å². The molecule has 0 radical (unpaired) electrons. The molecule has 2 amide bonds. The lowest BCUT2D eigenvalue weighted by Crippen LogP contribution is -2.66. The average Bonchev–Trinajstić information content (AvgIpc) is 3.06. The van der Waals surface area contributed by atoms with Gasteiger partial charge in [0.25, 0.3) is 0 Å². The largest absolute Gasteiger partial charge is 0.454 e. The van der Waals surface area contributed by atoms with E-state index in [-0.39, 0.29) is 18.6 Å². The SMILES string of the molecule is Cc1cc(C)cc(CC(=O)N2CCC2(C)C(=O)Nc2ccc3c(c2)OCO3)c1. The summed E-state index contributed by atoms with van der Waals surface area (Å²) < 4.78 is 10.6. The van der Waals surface area contributed by atoms with E-state index in [1.54, 1.807) is 23.1 Å². The summed E-state index contributed by atoms with van der Waals surface area (Å²) in [7, 11) is 0. The average molecular weight is 380 g/mol. The van der Waals surface area contributed by atoms with Crippen LogP contribution in [0.4, 0.5) is 5.69 Å². The summed E-state index contributed by atoms with van der Waals surface area (Å²) in [5.41, 5.74) is 3.04. The van der Waals surface area contributed by atoms with Crippen molar-refractivity contribution >= 4 is 17.5 Å². The lowest BCUT2D eigenvalue weighted by atomic mass is 9.84. The van der Waals surface area contributed by atoms with E-state index in [0.29, 0.717) is 36.6 Å². The van der Waals surface area contributed by atoms with Crippen LogP contribution in [0, 0.1) is 13.8 Å². The van der Waals surface area contributed by atoms with E-state index in [9.17, 15) is 9.59 Å². The number of nitrogens with one attached hydrogen (secondary N) is 1. The van der Waals surface area contributed by atoms with Gasteiger partial charge in [-0.05, 0) is 44.9 Å². The molecule has 1 N–H and O–H groups in total. The number of aryl methyl sites for hydroxylation is 2. The molecule has 0 bridgehead atoms. The molecule has 2 aromatic rings. The molecule has 6 nitrogen and oxygen atoms in total. The predicted molar refractivity (Wildman–Crippen MR) is 106 cm³/mol. The monoisotopic (exact) mass is 380 g/mol. The smallest absolute Gasteiger partial charge is 0.250 e. The third-order valence-electron chi connectivity index (χ3n) is 5.48. The quantitative estimate of drug-likeness (QED) is 0.884. The molecule has 146 valence electrons. The number of rotatable bonds is 4. The first-order valence-corrected chi connectivity index (χ1v) is 9.44. The number of hydrogen-bond donors (Lipinski definition) is 1. The molecule has 1 fully saturated rings. The van der Waals surface area contributed by atoms with Crippen molar-refractivity contribution < 1.29 is 19.1 Å². The van der Waals surface area contributed by atoms with Crippen molar-refractivity contribution in [3.05, 3.63) is 53.1 Å². The summed E-state index contributed by atoms with van der Waals surface area (Å²) >= 11 is 0. The Labute approximate surface area is 164 Å². The molecular weight excluding hydrogens is 356 g/mol. The van der Waals surface area contributed by atoms with Gasteiger partial charge >= 0.3 is 0 Å². The number of benzene rings is 2. The molecule has 2 aliphatic rings. The van der Waals surface area contributed by atoms with Gasteiger partial charge in [-0.3, -0.25) is 9.59 Å². The zero-order valence-electron chi connectivity index (χ0n) is 16.4. The summed E-state index contributed by atoms with van der Waals surface area (Å²) in [5.74, 6) is 1.06. The normalized spacial score (nSPS) is 19.9. The van der Waals surface area contributed by atoms with Crippen LogP contribution < -0.4 is 14.8 Å². The summed E-state index contributed by atoms with van der Waals surface area (Å²) in [4.78, 5) is 27.4. The van der Waals surface area contributed by atoms with Crippen LogP contribution in [0.25, 0.3) is 0 Å². The van der Waals surface area contributed by atoms with Crippen LogP contribution in [-0.4, -0.2) is 35.6 Å². The number of carbonyl (C=O) groups excluding carboxylic acids is 2. The summed E-state index contributed by atoms with van der Waals surface area (Å²) in [6.07, 6.45) is 0.942. The number of carbonyl (C=O) groups is 2. The number of nitrogens with zero attached hydrogens (tertiary/aromatic N) is 1. The Bertz CT molecular complexity index is 935. The minimum absolute atomic E-state index is 0.0282. The van der Waals surface area contributed by atoms with Crippen molar-refractivity contribution in [3.63, 3.8) is 0 Å². The second-order valence-corrected chi connectivity index (χ2v) is 7.76. The Balaban J connectivity index is 1.45. The predicted octanol–water partition coefficient (Wildman–Crippen LogP) is 3.20. The van der Waals surface area contributed by atoms with Crippen LogP contribution in [0.5, 0.6) is 11.5 Å². The second-order valence-electron chi connectivity index (χ2n) is 7.76. The molecule has 1 saturated heterocycles. The maximum atomic E-state index is 12.9. The highest BCUT2D eigenvalue weighted by Gasteiger charge is 2.49. The zero-order valence-corrected chi connectivity index (χ0v) is 16.4. The van der Waals surface area contributed by atoms with Gasteiger partial charge in [0.2, 0.25) is 18.6 Å². The Morgan fingerprint density at radius 3 is 2.46 bits per heavy atom. The van der Waals surface area contributed by atoms with Crippen molar-refractivity contribution in [1.29, 1.82) is 0 Å². The number of likely N-dealkylation sites (tertiary alicyclic amines) is 1. The van der Waals surface area contributed by atoms with Crippen molar-refractivity contribution in [2.75, 3.05) is 18.7 Å². The van der Waals surface area contributed by atoms with E-state index in [4.69, 9.17) is 9.47 Å². The fourth-order valence-electron chi connectivity index (χ4n) is 3.88. The fourth-order valence-corrected chi connectivity index (χ4v) is 3.88. The van der Waals surface area contributed by atoms with Crippen LogP contribution >= 0.6 is 0 Å². The van der Waals surface area contributed by atoms with Crippen LogP contribution in [0.2, 0.25) is 0 Å². The maximum absolute atomic E-state index is 12.9. The van der Waals surface area contributed by atoms with E-state index >= 15 is 0 Å². The molecule has 1 unspecified atom stereocenters. The third-order valence-corrected chi connectivity index (χ3v) is 5.48. The van der Waals surface area contributed by atoms with E-state index < -0.39 is 5.54 Å². The van der Waals surface area contributed by atoms with Gasteiger partial charge < -0.3 is 19.7 Å². The number of ether oxygens (including phenoxy) is 2. The Morgan fingerprint density at radius 1 is 1.07 bits per heavy atom. The van der Waals surface area contributed by atoms with Gasteiger partial charge in [-0.15, -0.1) is 0 Å². The molecule has 2 heterocycles. The lowest BCUT2D eigenvalue weighted by Gasteiger charge is -2.49. The number of anilines is 1. The number of hydrogen-bond acceptors (Lipinski definition) is 4. The molecule has 0 spiro atoms. The molecular formula is C22H24N2O4. The van der Waals surface area contributed by atoms with Gasteiger partial charge in [0.05, 0.1) is 6.42 Å². The molecule has 1 atom stereocenters. The molecule has 28 heavy (non-hydrogen) atoms. The van der Waals surface area contributed by atoms with Gasteiger partial charge in [0.15, 0.2) is 11.5 Å². The van der Waals surface area contributed by atoms with Gasteiger partial charge in [-0.25, -0.2) is 0 Å². The highest BCUT2D eigenvalue weighted by molar-refractivity contribution is 6.01. The highest BCUT2D eigenvalue weighted by Crippen LogP contribution is 2.36. The van der Waals surface area contributed by atoms with Gasteiger partial charge in [0, 0.05) is 18.3 Å². The van der Waals surface area contributed by atoms with Gasteiger partial charge in [0.1, 0.15) is 5.54 Å². The van der Waals surface area contributed by atoms with E-state index in [2.05, 4.69) is 11.4 Å². The summed E-state index contributed by atoms with van der Waals surface area (Å²) in [6.45, 7) is 6.64. The van der Waals surface area contributed by atoms with Crippen LogP contribution in [0.15, 0.2) is 36.4 Å². The molecule has 0 aromatic heterocycles. The van der Waals surface area contributed by atoms with Gasteiger partial charge in [-0.1, -0.05) is 29.3 Å². The fraction of sp³-hybridized carbons (Fsp3) is 0.364. The third kappa shape index (κ3) is 3.30. The van der Waals surface area contributed by atoms with Crippen molar-refractivity contribution in [2.24, 2.45) is 0 Å². The topological polar surface area (TPSA) is 67.9 Å². The molecule has 4 rings (SSSR count). The van der Waals surface area contributed by atoms with E-state index in [1.807, 2.05) is 32.9 Å². The second kappa shape index (κ2) is 6.86. The van der Waals surface area contributed by atoms with Crippen LogP contribution in [0.1, 0.15) is 30.0 Å². The van der Waals surface area contributed by atoms with Crippen molar-refractivity contribution in [1.82, 2.24) is 4.90 Å². The maximum Gasteiger partial charge on any atom is 0.250 e. The van der Waals surface area contributed by atoms with Crippen molar-refractivity contribution in [3.8, 4) is 11.5 Å². The Kier molecular flexibility index (Phi) is 4.49. The molecule has 2 aliphatic heterocycles. The molecule has 0 saturated carbocycles. The molecule has 6 heteroatoms. The zero-order chi connectivity index (χ0) is 19.9. The summed E-state index contributed by atoms with van der Waals surface area (Å²) in [5, 5.41) is 2.91. The number of amides is 2.